The van der Waals surface area contributed by atoms with E-state index in [1.165, 1.54) is 0 Å². The van der Waals surface area contributed by atoms with Crippen LogP contribution in [-0.2, 0) is 11.3 Å². The van der Waals surface area contributed by atoms with Crippen LogP contribution in [0, 0.1) is 6.92 Å². The predicted octanol–water partition coefficient (Wildman–Crippen LogP) is 1.01. The Morgan fingerprint density at radius 2 is 2.25 bits per heavy atom. The van der Waals surface area contributed by atoms with Gasteiger partial charge in [-0.05, 0) is 32.0 Å². The largest absolute Gasteiger partial charge is 0.359 e. The lowest BCUT2D eigenvalue weighted by Crippen LogP contribution is -2.21. The predicted molar refractivity (Wildman–Crippen MR) is 64.0 cm³/mol. The van der Waals surface area contributed by atoms with Crippen molar-refractivity contribution < 1.29 is 4.79 Å². The Balaban J connectivity index is 2.14. The lowest BCUT2D eigenvalue weighted by molar-refractivity contribution is -0.120. The highest BCUT2D eigenvalue weighted by Crippen LogP contribution is 1.97. The van der Waals surface area contributed by atoms with E-state index >= 15 is 0 Å². The third-order valence-electron chi connectivity index (χ3n) is 2.29. The second-order valence-corrected chi connectivity index (χ2v) is 3.72. The molecule has 2 N–H and O–H groups in total. The zero-order valence-corrected chi connectivity index (χ0v) is 9.92. The molecule has 4 nitrogen and oxygen atoms in total. The number of amides is 1. The van der Waals surface area contributed by atoms with Crippen LogP contribution in [0.1, 0.15) is 24.2 Å². The zero-order valence-electron chi connectivity index (χ0n) is 9.92. The minimum atomic E-state index is 0.0930. The van der Waals surface area contributed by atoms with Gasteiger partial charge in [0, 0.05) is 25.7 Å². The van der Waals surface area contributed by atoms with Gasteiger partial charge in [0.15, 0.2) is 0 Å². The number of aromatic nitrogens is 1. The number of aryl methyl sites for hydroxylation is 1. The number of nitrogens with zero attached hydrogens (tertiary/aromatic N) is 1. The molecule has 0 unspecified atom stereocenters. The average molecular weight is 221 g/mol. The molecule has 1 amide bonds. The monoisotopic (exact) mass is 221 g/mol. The van der Waals surface area contributed by atoms with Gasteiger partial charge in [-0.1, -0.05) is 6.07 Å². The molecule has 0 aliphatic rings. The van der Waals surface area contributed by atoms with Crippen molar-refractivity contribution in [1.82, 2.24) is 15.6 Å². The summed E-state index contributed by atoms with van der Waals surface area (Å²) in [5, 5.41) is 5.87. The van der Waals surface area contributed by atoms with Crippen LogP contribution < -0.4 is 10.6 Å². The fourth-order valence-corrected chi connectivity index (χ4v) is 1.41. The van der Waals surface area contributed by atoms with E-state index < -0.39 is 0 Å². The van der Waals surface area contributed by atoms with E-state index in [1.54, 1.807) is 7.05 Å². The Bertz CT molecular complexity index is 339. The van der Waals surface area contributed by atoms with Crippen molar-refractivity contribution in [2.45, 2.75) is 26.3 Å². The summed E-state index contributed by atoms with van der Waals surface area (Å²) in [5.74, 6) is 0.0930. The first-order chi connectivity index (χ1) is 7.72. The first kappa shape index (κ1) is 12.6. The third-order valence-corrected chi connectivity index (χ3v) is 2.29. The molecule has 0 aliphatic heterocycles. The standard InChI is InChI=1S/C12H19N3O/c1-10-5-3-6-11(15-10)9-14-8-4-7-12(16)13-2/h3,5-6,14H,4,7-9H2,1-2H3,(H,13,16). The van der Waals surface area contributed by atoms with E-state index in [-0.39, 0.29) is 5.91 Å². The molecule has 0 fully saturated rings. The molecular weight excluding hydrogens is 202 g/mol. The molecule has 0 saturated heterocycles. The molecule has 1 aromatic heterocycles. The maximum atomic E-state index is 10.9. The number of rotatable bonds is 6. The second-order valence-electron chi connectivity index (χ2n) is 3.72. The molecule has 88 valence electrons. The van der Waals surface area contributed by atoms with Gasteiger partial charge >= 0.3 is 0 Å². The van der Waals surface area contributed by atoms with Crippen molar-refractivity contribution in [2.24, 2.45) is 0 Å². The van der Waals surface area contributed by atoms with Crippen LogP contribution in [0.5, 0.6) is 0 Å². The van der Waals surface area contributed by atoms with Gasteiger partial charge in [0.2, 0.25) is 5.91 Å². The lowest BCUT2D eigenvalue weighted by Gasteiger charge is -2.04. The van der Waals surface area contributed by atoms with Gasteiger partial charge in [-0.15, -0.1) is 0 Å². The van der Waals surface area contributed by atoms with E-state index in [0.717, 1.165) is 30.9 Å². The van der Waals surface area contributed by atoms with Crippen LogP contribution in [-0.4, -0.2) is 24.5 Å². The summed E-state index contributed by atoms with van der Waals surface area (Å²) in [6, 6.07) is 5.98. The van der Waals surface area contributed by atoms with Crippen LogP contribution in [0.2, 0.25) is 0 Å². The molecule has 0 saturated carbocycles. The molecule has 0 spiro atoms. The van der Waals surface area contributed by atoms with Crippen molar-refractivity contribution in [3.8, 4) is 0 Å². The highest BCUT2D eigenvalue weighted by atomic mass is 16.1. The minimum absolute atomic E-state index is 0.0930. The number of pyridine rings is 1. The zero-order chi connectivity index (χ0) is 11.8. The van der Waals surface area contributed by atoms with E-state index in [4.69, 9.17) is 0 Å². The minimum Gasteiger partial charge on any atom is -0.359 e. The Kier molecular flexibility index (Phi) is 5.50. The van der Waals surface area contributed by atoms with Gasteiger partial charge in [0.05, 0.1) is 5.69 Å². The topological polar surface area (TPSA) is 54.0 Å². The highest BCUT2D eigenvalue weighted by molar-refractivity contribution is 5.75. The van der Waals surface area contributed by atoms with Gasteiger partial charge < -0.3 is 10.6 Å². The lowest BCUT2D eigenvalue weighted by atomic mass is 10.3. The summed E-state index contributed by atoms with van der Waals surface area (Å²) in [7, 11) is 1.66. The van der Waals surface area contributed by atoms with Gasteiger partial charge in [-0.2, -0.15) is 0 Å². The first-order valence-corrected chi connectivity index (χ1v) is 5.56. The summed E-state index contributed by atoms with van der Waals surface area (Å²) >= 11 is 0. The summed E-state index contributed by atoms with van der Waals surface area (Å²) in [6.07, 6.45) is 1.43. The van der Waals surface area contributed by atoms with E-state index in [9.17, 15) is 4.79 Å². The van der Waals surface area contributed by atoms with Gasteiger partial charge in [-0.3, -0.25) is 9.78 Å². The van der Waals surface area contributed by atoms with Gasteiger partial charge in [0.1, 0.15) is 0 Å². The Labute approximate surface area is 96.5 Å². The Hall–Kier alpha value is -1.42. The normalized spacial score (nSPS) is 10.1. The van der Waals surface area contributed by atoms with Crippen LogP contribution in [0.15, 0.2) is 18.2 Å². The molecule has 0 atom stereocenters. The molecule has 1 heterocycles. The number of nitrogens with one attached hydrogen (secondary N) is 2. The summed E-state index contributed by atoms with van der Waals surface area (Å²) in [5.41, 5.74) is 2.07. The summed E-state index contributed by atoms with van der Waals surface area (Å²) < 4.78 is 0. The molecule has 1 aromatic rings. The maximum absolute atomic E-state index is 10.9. The van der Waals surface area contributed by atoms with Crippen LogP contribution in [0.3, 0.4) is 0 Å². The molecule has 1 rings (SSSR count). The van der Waals surface area contributed by atoms with Gasteiger partial charge in [0.25, 0.3) is 0 Å². The van der Waals surface area contributed by atoms with Crippen molar-refractivity contribution >= 4 is 5.91 Å². The molecule has 4 heteroatoms. The molecule has 16 heavy (non-hydrogen) atoms. The quantitative estimate of drug-likeness (QED) is 0.705. The van der Waals surface area contributed by atoms with E-state index in [0.29, 0.717) is 6.42 Å². The molecule has 0 aliphatic carbocycles. The summed E-state index contributed by atoms with van der Waals surface area (Å²) in [4.78, 5) is 15.3. The number of hydrogen-bond acceptors (Lipinski definition) is 3. The molecular formula is C12H19N3O. The Morgan fingerprint density at radius 1 is 1.44 bits per heavy atom. The number of carbonyl (C=O) groups is 1. The number of hydrogen-bond donors (Lipinski definition) is 2. The van der Waals surface area contributed by atoms with E-state index in [1.807, 2.05) is 25.1 Å². The summed E-state index contributed by atoms with van der Waals surface area (Å²) in [6.45, 7) is 3.58. The van der Waals surface area contributed by atoms with Crippen LogP contribution in [0.25, 0.3) is 0 Å². The Morgan fingerprint density at radius 3 is 2.94 bits per heavy atom. The molecule has 0 radical (unpaired) electrons. The molecule has 0 bridgehead atoms. The fourth-order valence-electron chi connectivity index (χ4n) is 1.41. The average Bonchev–Trinajstić information content (AvgIpc) is 2.28. The third kappa shape index (κ3) is 4.89. The SMILES string of the molecule is CNC(=O)CCCNCc1cccc(C)n1. The maximum Gasteiger partial charge on any atom is 0.219 e. The number of carbonyl (C=O) groups excluding carboxylic acids is 1. The van der Waals surface area contributed by atoms with Crippen molar-refractivity contribution in [3.63, 3.8) is 0 Å². The van der Waals surface area contributed by atoms with E-state index in [2.05, 4.69) is 15.6 Å². The van der Waals surface area contributed by atoms with Crippen molar-refractivity contribution in [1.29, 1.82) is 0 Å². The fraction of sp³-hybridized carbons (Fsp3) is 0.500. The van der Waals surface area contributed by atoms with Crippen LogP contribution >= 0.6 is 0 Å². The smallest absolute Gasteiger partial charge is 0.219 e. The van der Waals surface area contributed by atoms with Crippen molar-refractivity contribution in [3.05, 3.63) is 29.6 Å². The van der Waals surface area contributed by atoms with Crippen LogP contribution in [0.4, 0.5) is 0 Å². The van der Waals surface area contributed by atoms with Gasteiger partial charge in [-0.25, -0.2) is 0 Å². The molecule has 0 aromatic carbocycles. The van der Waals surface area contributed by atoms with Crippen molar-refractivity contribution in [2.75, 3.05) is 13.6 Å². The second kappa shape index (κ2) is 6.95. The highest BCUT2D eigenvalue weighted by Gasteiger charge is 1.97. The first-order valence-electron chi connectivity index (χ1n) is 5.56.